The van der Waals surface area contributed by atoms with Gasteiger partial charge in [0.15, 0.2) is 0 Å². The van der Waals surface area contributed by atoms with Crippen molar-refractivity contribution in [1.82, 2.24) is 4.90 Å². The lowest BCUT2D eigenvalue weighted by Gasteiger charge is -2.28. The number of halogens is 2. The van der Waals surface area contributed by atoms with E-state index in [1.165, 1.54) is 11.0 Å². The van der Waals surface area contributed by atoms with Crippen molar-refractivity contribution in [3.05, 3.63) is 64.1 Å². The van der Waals surface area contributed by atoms with Gasteiger partial charge < -0.3 is 4.90 Å². The highest BCUT2D eigenvalue weighted by atomic mass is 35.5. The molecule has 0 aromatic heterocycles. The van der Waals surface area contributed by atoms with Crippen LogP contribution in [0.3, 0.4) is 0 Å². The molecule has 0 N–H and O–H groups in total. The number of nitrogens with zero attached hydrogens (tertiary/aromatic N) is 2. The van der Waals surface area contributed by atoms with E-state index in [1.807, 2.05) is 0 Å². The summed E-state index contributed by atoms with van der Waals surface area (Å²) in [6.45, 7) is 1.72. The van der Waals surface area contributed by atoms with Gasteiger partial charge in [0.1, 0.15) is 5.54 Å². The van der Waals surface area contributed by atoms with Crippen LogP contribution in [0.1, 0.15) is 12.5 Å². The van der Waals surface area contributed by atoms with E-state index in [2.05, 4.69) is 6.07 Å². The van der Waals surface area contributed by atoms with Crippen LogP contribution in [0.2, 0.25) is 10.0 Å². The van der Waals surface area contributed by atoms with Crippen LogP contribution in [-0.2, 0) is 10.3 Å². The predicted octanol–water partition coefficient (Wildman–Crippen LogP) is 4.11. The molecule has 1 saturated heterocycles. The molecule has 3 rings (SSSR count). The number of benzene rings is 2. The topological polar surface area (TPSA) is 40.6 Å². The number of urea groups is 1. The number of hydrogen-bond acceptors (Lipinski definition) is 2. The zero-order chi connectivity index (χ0) is 16.8. The summed E-state index contributed by atoms with van der Waals surface area (Å²) in [5, 5.41) is 0.652. The number of anilines is 1. The quantitative estimate of drug-likeness (QED) is 0.767. The van der Waals surface area contributed by atoms with Crippen LogP contribution in [0, 0.1) is 6.07 Å². The van der Waals surface area contributed by atoms with Crippen molar-refractivity contribution in [2.24, 2.45) is 0 Å². The van der Waals surface area contributed by atoms with E-state index in [0.29, 0.717) is 10.7 Å². The molecule has 2 aromatic carbocycles. The first-order valence-electron chi connectivity index (χ1n) is 6.91. The van der Waals surface area contributed by atoms with Crippen molar-refractivity contribution in [2.45, 2.75) is 12.5 Å². The number of rotatable bonds is 2. The summed E-state index contributed by atoms with van der Waals surface area (Å²) < 4.78 is 0. The minimum Gasteiger partial charge on any atom is -0.308 e. The van der Waals surface area contributed by atoms with Gasteiger partial charge in [0.25, 0.3) is 5.91 Å². The molecular formula is C17H13Cl2N2O2. The normalized spacial score (nSPS) is 21.2. The highest BCUT2D eigenvalue weighted by Crippen LogP contribution is 2.39. The molecule has 1 unspecified atom stereocenters. The second kappa shape index (κ2) is 5.55. The first kappa shape index (κ1) is 15.8. The zero-order valence-corrected chi connectivity index (χ0v) is 14.0. The largest absolute Gasteiger partial charge is 0.332 e. The monoisotopic (exact) mass is 347 g/mol. The third-order valence-corrected chi connectivity index (χ3v) is 4.95. The Kier molecular flexibility index (Phi) is 3.82. The summed E-state index contributed by atoms with van der Waals surface area (Å²) in [7, 11) is 1.61. The van der Waals surface area contributed by atoms with Crippen LogP contribution < -0.4 is 4.90 Å². The number of hydrogen-bond donors (Lipinski definition) is 0. The molecule has 6 heteroatoms. The first-order valence-corrected chi connectivity index (χ1v) is 7.67. The van der Waals surface area contributed by atoms with Gasteiger partial charge in [0.2, 0.25) is 0 Å². The van der Waals surface area contributed by atoms with Gasteiger partial charge in [-0.1, -0.05) is 47.5 Å². The molecule has 2 aromatic rings. The number of carbonyl (C=O) groups is 2. The second-order valence-electron chi connectivity index (χ2n) is 5.44. The summed E-state index contributed by atoms with van der Waals surface area (Å²) in [4.78, 5) is 28.2. The lowest BCUT2D eigenvalue weighted by molar-refractivity contribution is -0.124. The van der Waals surface area contributed by atoms with Gasteiger partial charge in [0.05, 0.1) is 15.7 Å². The Morgan fingerprint density at radius 3 is 2.30 bits per heavy atom. The van der Waals surface area contributed by atoms with Gasteiger partial charge in [-0.05, 0) is 36.8 Å². The molecule has 23 heavy (non-hydrogen) atoms. The van der Waals surface area contributed by atoms with Crippen LogP contribution >= 0.6 is 23.2 Å². The van der Waals surface area contributed by atoms with Crippen molar-refractivity contribution >= 4 is 40.8 Å². The van der Waals surface area contributed by atoms with E-state index >= 15 is 0 Å². The second-order valence-corrected chi connectivity index (χ2v) is 6.26. The van der Waals surface area contributed by atoms with Crippen molar-refractivity contribution in [3.8, 4) is 0 Å². The van der Waals surface area contributed by atoms with Gasteiger partial charge in [-0.2, -0.15) is 0 Å². The average Bonchev–Trinajstić information content (AvgIpc) is 2.73. The molecule has 1 fully saturated rings. The minimum atomic E-state index is -1.09. The van der Waals surface area contributed by atoms with E-state index in [1.54, 1.807) is 50.4 Å². The first-order chi connectivity index (χ1) is 10.9. The molecule has 1 radical (unpaired) electrons. The molecule has 4 nitrogen and oxygen atoms in total. The Hall–Kier alpha value is -2.04. The summed E-state index contributed by atoms with van der Waals surface area (Å²) in [5.41, 5.74) is 0.0327. The molecule has 0 aliphatic carbocycles. The molecule has 1 aliphatic rings. The zero-order valence-electron chi connectivity index (χ0n) is 12.5. The number of carbonyl (C=O) groups excluding carboxylic acids is 2. The average molecular weight is 348 g/mol. The van der Waals surface area contributed by atoms with Crippen molar-refractivity contribution in [1.29, 1.82) is 0 Å². The highest BCUT2D eigenvalue weighted by Gasteiger charge is 2.54. The highest BCUT2D eigenvalue weighted by molar-refractivity contribution is 6.42. The number of amides is 3. The standard InChI is InChI=1S/C17H13Cl2N2O2/c1-17(11-6-4-3-5-7-11)15(22)21(16(23)20(17)2)12-8-9-13(18)14(19)10-12/h4-10H,1-2H3. The Morgan fingerprint density at radius 2 is 1.70 bits per heavy atom. The van der Waals surface area contributed by atoms with E-state index < -0.39 is 11.6 Å². The Bertz CT molecular complexity index is 794. The molecule has 1 atom stereocenters. The number of imide groups is 1. The lowest BCUT2D eigenvalue weighted by Crippen LogP contribution is -2.42. The summed E-state index contributed by atoms with van der Waals surface area (Å²) in [6.07, 6.45) is 0. The lowest BCUT2D eigenvalue weighted by atomic mass is 9.91. The van der Waals surface area contributed by atoms with Gasteiger partial charge in [-0.15, -0.1) is 0 Å². The molecular weight excluding hydrogens is 335 g/mol. The molecule has 3 amide bonds. The third kappa shape index (κ3) is 2.30. The molecule has 1 aliphatic heterocycles. The van der Waals surface area contributed by atoms with E-state index in [9.17, 15) is 9.59 Å². The summed E-state index contributed by atoms with van der Waals surface area (Å²) in [6, 6.07) is 14.2. The molecule has 0 saturated carbocycles. The summed E-state index contributed by atoms with van der Waals surface area (Å²) >= 11 is 11.9. The summed E-state index contributed by atoms with van der Waals surface area (Å²) in [5.74, 6) is -0.338. The SMILES string of the molecule is CN1C(=O)N(c2ccc(Cl)c(Cl)c2)C(=O)C1(C)c1cc[c]cc1. The van der Waals surface area contributed by atoms with Crippen LogP contribution in [0.25, 0.3) is 0 Å². The fourth-order valence-electron chi connectivity index (χ4n) is 2.67. The Morgan fingerprint density at radius 1 is 1.04 bits per heavy atom. The van der Waals surface area contributed by atoms with E-state index in [4.69, 9.17) is 23.2 Å². The van der Waals surface area contributed by atoms with Crippen molar-refractivity contribution < 1.29 is 9.59 Å². The molecule has 117 valence electrons. The maximum atomic E-state index is 13.0. The third-order valence-electron chi connectivity index (χ3n) is 4.21. The Labute approximate surface area is 144 Å². The Balaban J connectivity index is 2.10. The smallest absolute Gasteiger partial charge is 0.308 e. The van der Waals surface area contributed by atoms with Gasteiger partial charge in [-0.3, -0.25) is 4.79 Å². The molecule has 1 heterocycles. The minimum absolute atomic E-state index is 0.287. The molecule has 0 bridgehead atoms. The van der Waals surface area contributed by atoms with Crippen LogP contribution in [0.4, 0.5) is 10.5 Å². The predicted molar refractivity (Wildman–Crippen MR) is 89.7 cm³/mol. The van der Waals surface area contributed by atoms with Crippen LogP contribution in [-0.4, -0.2) is 23.9 Å². The maximum absolute atomic E-state index is 13.0. The fraction of sp³-hybridized carbons (Fsp3) is 0.176. The van der Waals surface area contributed by atoms with E-state index in [0.717, 1.165) is 10.5 Å². The van der Waals surface area contributed by atoms with Gasteiger partial charge in [0, 0.05) is 7.05 Å². The van der Waals surface area contributed by atoms with Crippen molar-refractivity contribution in [2.75, 3.05) is 11.9 Å². The van der Waals surface area contributed by atoms with Crippen molar-refractivity contribution in [3.63, 3.8) is 0 Å². The fourth-order valence-corrected chi connectivity index (χ4v) is 2.96. The maximum Gasteiger partial charge on any atom is 0.332 e. The van der Waals surface area contributed by atoms with Gasteiger partial charge >= 0.3 is 6.03 Å². The van der Waals surface area contributed by atoms with E-state index in [-0.39, 0.29) is 10.9 Å². The van der Waals surface area contributed by atoms with Crippen LogP contribution in [0.5, 0.6) is 0 Å². The number of likely N-dealkylation sites (N-methyl/N-ethyl adjacent to an activating group) is 1. The van der Waals surface area contributed by atoms with Gasteiger partial charge in [-0.25, -0.2) is 9.69 Å². The van der Waals surface area contributed by atoms with Crippen LogP contribution in [0.15, 0.2) is 42.5 Å². The molecule has 0 spiro atoms.